The number of hydrogen-bond donors (Lipinski definition) is 0. The van der Waals surface area contributed by atoms with Gasteiger partial charge in [-0.3, -0.25) is 4.79 Å². The zero-order chi connectivity index (χ0) is 18.4. The van der Waals surface area contributed by atoms with E-state index in [0.717, 1.165) is 18.7 Å². The Bertz CT molecular complexity index is 827. The summed E-state index contributed by atoms with van der Waals surface area (Å²) in [6.07, 6.45) is 3.36. The number of amides is 1. The van der Waals surface area contributed by atoms with Gasteiger partial charge in [-0.05, 0) is 42.5 Å². The van der Waals surface area contributed by atoms with Crippen LogP contribution in [-0.2, 0) is 13.6 Å². The van der Waals surface area contributed by atoms with Gasteiger partial charge in [-0.2, -0.15) is 0 Å². The first kappa shape index (κ1) is 17.5. The molecule has 2 aliphatic rings. The molecule has 1 aliphatic carbocycles. The van der Waals surface area contributed by atoms with E-state index in [1.165, 1.54) is 6.07 Å². The van der Waals surface area contributed by atoms with E-state index in [0.29, 0.717) is 36.5 Å². The number of imidazole rings is 1. The Morgan fingerprint density at radius 3 is 2.69 bits per heavy atom. The number of piperidine rings is 1. The molecule has 0 unspecified atom stereocenters. The van der Waals surface area contributed by atoms with E-state index >= 15 is 0 Å². The van der Waals surface area contributed by atoms with E-state index in [4.69, 9.17) is 11.6 Å². The molecule has 5 nitrogen and oxygen atoms in total. The number of nitrogens with zero attached hydrogens (tertiary/aromatic N) is 4. The van der Waals surface area contributed by atoms with Crippen LogP contribution in [0.2, 0.25) is 5.02 Å². The number of rotatable bonds is 5. The second kappa shape index (κ2) is 6.67. The molecule has 0 spiro atoms. The maximum absolute atomic E-state index is 13.4. The summed E-state index contributed by atoms with van der Waals surface area (Å²) in [6.45, 7) is 3.31. The van der Waals surface area contributed by atoms with Crippen LogP contribution in [0.1, 0.15) is 16.1 Å². The molecule has 1 aliphatic heterocycles. The number of fused-ring (bicyclic) bond motifs is 1. The van der Waals surface area contributed by atoms with Gasteiger partial charge in [-0.25, -0.2) is 9.37 Å². The molecule has 138 valence electrons. The number of carbonyl (C=O) groups is 1. The summed E-state index contributed by atoms with van der Waals surface area (Å²) in [7, 11) is 3.98. The summed E-state index contributed by atoms with van der Waals surface area (Å²) in [4.78, 5) is 21.4. The van der Waals surface area contributed by atoms with Crippen molar-refractivity contribution in [2.75, 3.05) is 26.7 Å². The fourth-order valence-electron chi connectivity index (χ4n) is 4.15. The molecule has 1 amide bonds. The van der Waals surface area contributed by atoms with Crippen molar-refractivity contribution in [1.82, 2.24) is 19.4 Å². The van der Waals surface area contributed by atoms with Gasteiger partial charge in [0, 0.05) is 39.4 Å². The molecular weight excluding hydrogens is 355 g/mol. The minimum absolute atomic E-state index is 0.0812. The number of hydrogen-bond acceptors (Lipinski definition) is 3. The van der Waals surface area contributed by atoms with Crippen LogP contribution < -0.4 is 0 Å². The van der Waals surface area contributed by atoms with Crippen molar-refractivity contribution in [2.24, 2.45) is 24.8 Å². The van der Waals surface area contributed by atoms with Crippen molar-refractivity contribution in [2.45, 2.75) is 6.54 Å². The van der Waals surface area contributed by atoms with E-state index in [-0.39, 0.29) is 10.9 Å². The SMILES string of the molecule is CN1C[C@@H]2[C@H](C1)[C@@H]2CN(Cc1ccc(F)c(Cl)c1)C(=O)c1cn(C)cn1. The molecule has 7 heteroatoms. The molecule has 2 aromatic rings. The Morgan fingerprint density at radius 2 is 2.08 bits per heavy atom. The molecule has 0 N–H and O–H groups in total. The van der Waals surface area contributed by atoms with Crippen molar-refractivity contribution >= 4 is 17.5 Å². The molecule has 2 heterocycles. The second-order valence-corrected chi connectivity index (χ2v) is 7.98. The highest BCUT2D eigenvalue weighted by molar-refractivity contribution is 6.30. The van der Waals surface area contributed by atoms with Crippen LogP contribution in [0.15, 0.2) is 30.7 Å². The molecule has 1 aromatic heterocycles. The lowest BCUT2D eigenvalue weighted by Crippen LogP contribution is -2.34. The van der Waals surface area contributed by atoms with Gasteiger partial charge >= 0.3 is 0 Å². The van der Waals surface area contributed by atoms with Gasteiger partial charge in [-0.1, -0.05) is 17.7 Å². The van der Waals surface area contributed by atoms with Crippen molar-refractivity contribution < 1.29 is 9.18 Å². The third-order valence-corrected chi connectivity index (χ3v) is 5.84. The Labute approximate surface area is 157 Å². The molecule has 3 atom stereocenters. The molecule has 1 saturated heterocycles. The van der Waals surface area contributed by atoms with E-state index < -0.39 is 5.82 Å². The molecule has 26 heavy (non-hydrogen) atoms. The number of aromatic nitrogens is 2. The van der Waals surface area contributed by atoms with Crippen LogP contribution >= 0.6 is 11.6 Å². The first-order valence-electron chi connectivity index (χ1n) is 8.82. The number of carbonyl (C=O) groups excluding carboxylic acids is 1. The van der Waals surface area contributed by atoms with Crippen LogP contribution in [0.5, 0.6) is 0 Å². The van der Waals surface area contributed by atoms with Gasteiger partial charge in [0.1, 0.15) is 11.5 Å². The van der Waals surface area contributed by atoms with E-state index in [1.807, 2.05) is 11.9 Å². The second-order valence-electron chi connectivity index (χ2n) is 7.57. The maximum atomic E-state index is 13.4. The summed E-state index contributed by atoms with van der Waals surface area (Å²) >= 11 is 5.91. The van der Waals surface area contributed by atoms with Gasteiger partial charge in [0.15, 0.2) is 0 Å². The van der Waals surface area contributed by atoms with E-state index in [9.17, 15) is 9.18 Å². The fraction of sp³-hybridized carbons (Fsp3) is 0.474. The number of aryl methyl sites for hydroxylation is 1. The molecule has 0 bridgehead atoms. The number of likely N-dealkylation sites (tertiary alicyclic amines) is 1. The van der Waals surface area contributed by atoms with Crippen LogP contribution in [0.25, 0.3) is 0 Å². The molecular formula is C19H22ClFN4O. The third kappa shape index (κ3) is 3.35. The van der Waals surface area contributed by atoms with Gasteiger partial charge in [0.25, 0.3) is 5.91 Å². The zero-order valence-electron chi connectivity index (χ0n) is 14.9. The molecule has 4 rings (SSSR count). The Kier molecular flexibility index (Phi) is 4.49. The minimum Gasteiger partial charge on any atom is -0.340 e. The first-order chi connectivity index (χ1) is 12.4. The molecule has 1 saturated carbocycles. The largest absolute Gasteiger partial charge is 0.340 e. The molecule has 0 radical (unpaired) electrons. The summed E-state index contributed by atoms with van der Waals surface area (Å²) in [5.74, 6) is 1.35. The topological polar surface area (TPSA) is 41.4 Å². The monoisotopic (exact) mass is 376 g/mol. The normalized spacial score (nSPS) is 24.5. The summed E-state index contributed by atoms with van der Waals surface area (Å²) in [5, 5.41) is 0.0812. The lowest BCUT2D eigenvalue weighted by molar-refractivity contribution is 0.0720. The molecule has 2 fully saturated rings. The molecule has 1 aromatic carbocycles. The summed E-state index contributed by atoms with van der Waals surface area (Å²) in [5.41, 5.74) is 1.26. The van der Waals surface area contributed by atoms with Crippen LogP contribution in [0.3, 0.4) is 0 Å². The number of halogens is 2. The third-order valence-electron chi connectivity index (χ3n) is 5.55. The van der Waals surface area contributed by atoms with Crippen molar-refractivity contribution in [3.63, 3.8) is 0 Å². The van der Waals surface area contributed by atoms with Crippen LogP contribution in [0.4, 0.5) is 4.39 Å². The predicted molar refractivity (Wildman–Crippen MR) is 97.3 cm³/mol. The van der Waals surface area contributed by atoms with Crippen molar-refractivity contribution in [3.8, 4) is 0 Å². The average Bonchev–Trinajstić information content (AvgIpc) is 2.94. The van der Waals surface area contributed by atoms with Gasteiger partial charge < -0.3 is 14.4 Å². The summed E-state index contributed by atoms with van der Waals surface area (Å²) < 4.78 is 15.2. The Balaban J connectivity index is 1.52. The Morgan fingerprint density at radius 1 is 1.35 bits per heavy atom. The van der Waals surface area contributed by atoms with Gasteiger partial charge in [-0.15, -0.1) is 0 Å². The quantitative estimate of drug-likeness (QED) is 0.805. The van der Waals surface area contributed by atoms with E-state index in [1.54, 1.807) is 29.2 Å². The first-order valence-corrected chi connectivity index (χ1v) is 9.20. The standard InChI is InChI=1S/C19H22ClFN4O/c1-23-7-13-14(8-23)15(13)9-25(19(26)18-10-24(2)11-22-18)6-12-3-4-17(21)16(20)5-12/h3-5,10-11,13-15H,6-9H2,1-2H3/t13-,14+,15-. The maximum Gasteiger partial charge on any atom is 0.274 e. The van der Waals surface area contributed by atoms with Gasteiger partial charge in [0.05, 0.1) is 11.3 Å². The van der Waals surface area contributed by atoms with Gasteiger partial charge in [0.2, 0.25) is 0 Å². The van der Waals surface area contributed by atoms with Crippen molar-refractivity contribution in [3.05, 3.63) is 52.8 Å². The highest BCUT2D eigenvalue weighted by Crippen LogP contribution is 2.51. The predicted octanol–water partition coefficient (Wildman–Crippen LogP) is 2.66. The lowest BCUT2D eigenvalue weighted by Gasteiger charge is -2.24. The average molecular weight is 377 g/mol. The zero-order valence-corrected chi connectivity index (χ0v) is 15.7. The van der Waals surface area contributed by atoms with Crippen LogP contribution in [-0.4, -0.2) is 51.9 Å². The van der Waals surface area contributed by atoms with Crippen molar-refractivity contribution in [1.29, 1.82) is 0 Å². The highest BCUT2D eigenvalue weighted by Gasteiger charge is 2.55. The highest BCUT2D eigenvalue weighted by atomic mass is 35.5. The summed E-state index contributed by atoms with van der Waals surface area (Å²) in [6, 6.07) is 4.63. The lowest BCUT2D eigenvalue weighted by atomic mass is 10.1. The number of benzene rings is 1. The smallest absolute Gasteiger partial charge is 0.274 e. The Hall–Kier alpha value is -1.92. The van der Waals surface area contributed by atoms with Crippen LogP contribution in [0, 0.1) is 23.6 Å². The minimum atomic E-state index is -0.446. The fourth-order valence-corrected chi connectivity index (χ4v) is 4.35. The van der Waals surface area contributed by atoms with E-state index in [2.05, 4.69) is 16.9 Å².